The molecule has 0 aliphatic rings. The van der Waals surface area contributed by atoms with E-state index in [1.54, 1.807) is 0 Å². The Balaban J connectivity index is -0.0000000800. The standard InChI is InChI=1S/2C3H8N2O2.2ClH/c2*4-1-2-5-3(6)7;;/h2*5H,1-2,4H2,(H,6,7);2*1H. The molecule has 0 aromatic carbocycles. The molecule has 0 spiro atoms. The minimum absolute atomic E-state index is 0. The fourth-order valence-electron chi connectivity index (χ4n) is 0.358. The number of hydrogen-bond donors (Lipinski definition) is 6. The first-order valence-electron chi connectivity index (χ1n) is 3.88. The molecule has 8 nitrogen and oxygen atoms in total. The second kappa shape index (κ2) is 19.6. The Kier molecular flexibility index (Phi) is 29.8. The maximum atomic E-state index is 9.59. The van der Waals surface area contributed by atoms with Gasteiger partial charge in [0.25, 0.3) is 0 Å². The summed E-state index contributed by atoms with van der Waals surface area (Å²) in [5, 5.41) is 19.9. The molecule has 2 amide bonds. The van der Waals surface area contributed by atoms with Crippen LogP contribution in [0.15, 0.2) is 0 Å². The van der Waals surface area contributed by atoms with E-state index in [1.165, 1.54) is 0 Å². The van der Waals surface area contributed by atoms with Crippen molar-refractivity contribution in [1.29, 1.82) is 0 Å². The molecule has 0 saturated heterocycles. The maximum Gasteiger partial charge on any atom is 0.404 e. The molecular formula is C6H18Cl2N4O4. The molecule has 0 unspecified atom stereocenters. The van der Waals surface area contributed by atoms with E-state index in [2.05, 4.69) is 10.6 Å². The van der Waals surface area contributed by atoms with Crippen molar-refractivity contribution in [3.8, 4) is 0 Å². The largest absolute Gasteiger partial charge is 0.465 e. The Morgan fingerprint density at radius 1 is 0.875 bits per heavy atom. The summed E-state index contributed by atoms with van der Waals surface area (Å²) in [5.41, 5.74) is 9.90. The summed E-state index contributed by atoms with van der Waals surface area (Å²) in [5.74, 6) is 0. The van der Waals surface area contributed by atoms with Crippen LogP contribution in [0.1, 0.15) is 0 Å². The molecule has 10 heteroatoms. The van der Waals surface area contributed by atoms with Crippen LogP contribution >= 0.6 is 24.8 Å². The highest BCUT2D eigenvalue weighted by Gasteiger charge is 1.87. The van der Waals surface area contributed by atoms with Crippen LogP contribution in [0, 0.1) is 0 Å². The van der Waals surface area contributed by atoms with Gasteiger partial charge in [0.15, 0.2) is 0 Å². The van der Waals surface area contributed by atoms with Crippen LogP contribution in [-0.4, -0.2) is 48.6 Å². The molecule has 16 heavy (non-hydrogen) atoms. The summed E-state index contributed by atoms with van der Waals surface area (Å²) in [7, 11) is 0. The number of nitrogens with one attached hydrogen (secondary N) is 2. The fourth-order valence-corrected chi connectivity index (χ4v) is 0.358. The molecule has 0 heterocycles. The minimum Gasteiger partial charge on any atom is -0.465 e. The smallest absolute Gasteiger partial charge is 0.404 e. The highest BCUT2D eigenvalue weighted by Crippen LogP contribution is 1.55. The molecular weight excluding hydrogens is 263 g/mol. The predicted molar refractivity (Wildman–Crippen MR) is 64.7 cm³/mol. The molecule has 0 atom stereocenters. The minimum atomic E-state index is -1.02. The van der Waals surface area contributed by atoms with Crippen molar-refractivity contribution in [3.63, 3.8) is 0 Å². The zero-order chi connectivity index (χ0) is 11.4. The van der Waals surface area contributed by atoms with Crippen LogP contribution in [0.25, 0.3) is 0 Å². The first kappa shape index (κ1) is 24.3. The van der Waals surface area contributed by atoms with E-state index in [-0.39, 0.29) is 24.8 Å². The van der Waals surface area contributed by atoms with Gasteiger partial charge in [-0.25, -0.2) is 9.59 Å². The third kappa shape index (κ3) is 38.1. The fraction of sp³-hybridized carbons (Fsp3) is 0.667. The van der Waals surface area contributed by atoms with E-state index in [9.17, 15) is 9.59 Å². The molecule has 100 valence electrons. The van der Waals surface area contributed by atoms with Crippen molar-refractivity contribution in [2.45, 2.75) is 0 Å². The van der Waals surface area contributed by atoms with Crippen molar-refractivity contribution < 1.29 is 19.8 Å². The molecule has 0 bridgehead atoms. The van der Waals surface area contributed by atoms with Crippen molar-refractivity contribution in [2.24, 2.45) is 11.5 Å². The highest BCUT2D eigenvalue weighted by molar-refractivity contribution is 5.85. The molecule has 0 saturated carbocycles. The second-order valence-corrected chi connectivity index (χ2v) is 2.04. The zero-order valence-corrected chi connectivity index (χ0v) is 10.1. The van der Waals surface area contributed by atoms with Crippen molar-refractivity contribution in [1.82, 2.24) is 10.6 Å². The highest BCUT2D eigenvalue weighted by atomic mass is 35.5. The summed E-state index contributed by atoms with van der Waals surface area (Å²) in [6.07, 6.45) is -2.05. The molecule has 0 aromatic heterocycles. The molecule has 0 aliphatic carbocycles. The number of amides is 2. The van der Waals surface area contributed by atoms with E-state index in [0.29, 0.717) is 26.2 Å². The first-order valence-corrected chi connectivity index (χ1v) is 3.88. The lowest BCUT2D eigenvalue weighted by Gasteiger charge is -1.92. The van der Waals surface area contributed by atoms with E-state index < -0.39 is 12.2 Å². The van der Waals surface area contributed by atoms with Gasteiger partial charge in [-0.1, -0.05) is 0 Å². The predicted octanol–water partition coefficient (Wildman–Crippen LogP) is -0.731. The number of halogens is 2. The molecule has 8 N–H and O–H groups in total. The van der Waals surface area contributed by atoms with Gasteiger partial charge in [-0.2, -0.15) is 0 Å². The lowest BCUT2D eigenvalue weighted by molar-refractivity contribution is 0.193. The van der Waals surface area contributed by atoms with Crippen molar-refractivity contribution in [2.75, 3.05) is 26.2 Å². The average Bonchev–Trinajstić information content (AvgIpc) is 2.12. The van der Waals surface area contributed by atoms with Gasteiger partial charge in [0.05, 0.1) is 0 Å². The molecule has 0 fully saturated rings. The Morgan fingerprint density at radius 3 is 1.19 bits per heavy atom. The van der Waals surface area contributed by atoms with Crippen LogP contribution in [-0.2, 0) is 0 Å². The number of carboxylic acid groups (broad SMARTS) is 2. The van der Waals surface area contributed by atoms with Crippen molar-refractivity contribution in [3.05, 3.63) is 0 Å². The third-order valence-electron chi connectivity index (χ3n) is 0.841. The van der Waals surface area contributed by atoms with Gasteiger partial charge in [0.1, 0.15) is 0 Å². The Hall–Kier alpha value is -0.960. The van der Waals surface area contributed by atoms with Crippen molar-refractivity contribution >= 4 is 37.0 Å². The van der Waals surface area contributed by atoms with Gasteiger partial charge in [0, 0.05) is 26.2 Å². The average molecular weight is 281 g/mol. The lowest BCUT2D eigenvalue weighted by atomic mass is 10.7. The summed E-state index contributed by atoms with van der Waals surface area (Å²) in [6.45, 7) is 1.36. The summed E-state index contributed by atoms with van der Waals surface area (Å²) >= 11 is 0. The van der Waals surface area contributed by atoms with Crippen LogP contribution in [0.2, 0.25) is 0 Å². The van der Waals surface area contributed by atoms with Gasteiger partial charge in [0.2, 0.25) is 0 Å². The summed E-state index contributed by atoms with van der Waals surface area (Å²) in [6, 6.07) is 0. The third-order valence-corrected chi connectivity index (χ3v) is 0.841. The van der Waals surface area contributed by atoms with Crippen LogP contribution in [0.5, 0.6) is 0 Å². The maximum absolute atomic E-state index is 9.59. The van der Waals surface area contributed by atoms with E-state index in [4.69, 9.17) is 21.7 Å². The van der Waals surface area contributed by atoms with Crippen LogP contribution < -0.4 is 22.1 Å². The van der Waals surface area contributed by atoms with E-state index >= 15 is 0 Å². The Labute approximate surface area is 106 Å². The summed E-state index contributed by atoms with van der Waals surface area (Å²) < 4.78 is 0. The molecule has 0 radical (unpaired) electrons. The number of rotatable bonds is 4. The SMILES string of the molecule is Cl.Cl.NCCNC(=O)O.NCCNC(=O)O. The van der Waals surface area contributed by atoms with Gasteiger partial charge in [-0.15, -0.1) is 24.8 Å². The summed E-state index contributed by atoms with van der Waals surface area (Å²) in [4.78, 5) is 19.2. The number of carbonyl (C=O) groups is 2. The van der Waals surface area contributed by atoms with Crippen LogP contribution in [0.4, 0.5) is 9.59 Å². The quantitative estimate of drug-likeness (QED) is 0.399. The number of nitrogens with two attached hydrogens (primary N) is 2. The van der Waals surface area contributed by atoms with Gasteiger partial charge in [-0.3, -0.25) is 0 Å². The monoisotopic (exact) mass is 280 g/mol. The molecule has 0 aromatic rings. The number of hydrogen-bond acceptors (Lipinski definition) is 4. The second-order valence-electron chi connectivity index (χ2n) is 2.04. The molecule has 0 aliphatic heterocycles. The van der Waals surface area contributed by atoms with E-state index in [0.717, 1.165) is 0 Å². The van der Waals surface area contributed by atoms with Crippen LogP contribution in [0.3, 0.4) is 0 Å². The van der Waals surface area contributed by atoms with Gasteiger partial charge >= 0.3 is 12.2 Å². The van der Waals surface area contributed by atoms with Gasteiger partial charge < -0.3 is 32.3 Å². The van der Waals surface area contributed by atoms with E-state index in [1.807, 2.05) is 0 Å². The first-order chi connectivity index (χ1) is 6.54. The Bertz CT molecular complexity index is 155. The lowest BCUT2D eigenvalue weighted by Crippen LogP contribution is -2.27. The normalized spacial score (nSPS) is 7.12. The molecule has 0 rings (SSSR count). The zero-order valence-electron chi connectivity index (χ0n) is 8.51. The topological polar surface area (TPSA) is 151 Å². The Morgan fingerprint density at radius 2 is 1.12 bits per heavy atom. The van der Waals surface area contributed by atoms with Gasteiger partial charge in [-0.05, 0) is 0 Å².